The molecule has 0 amide bonds. The standard InChI is InChI=1S/C28H35NO4/c1-19-6-4-12-28(2)15-26-23(14-25(19)28)24(27(30)33-26)18-29(17-22-7-5-13-32-22)16-20-8-10-21(31-3)11-9-20/h5,7-11,13,23-26H,1,4,6,12,14-18H2,2-3H3. The first kappa shape index (κ1) is 22.3. The van der Waals surface area contributed by atoms with Crippen LogP contribution in [0.5, 0.6) is 5.75 Å². The molecule has 0 radical (unpaired) electrons. The fraction of sp³-hybridized carbons (Fsp3) is 0.536. The van der Waals surface area contributed by atoms with Gasteiger partial charge in [-0.25, -0.2) is 0 Å². The summed E-state index contributed by atoms with van der Waals surface area (Å²) in [7, 11) is 1.68. The molecule has 2 saturated carbocycles. The van der Waals surface area contributed by atoms with Gasteiger partial charge in [-0.05, 0) is 73.3 Å². The van der Waals surface area contributed by atoms with Gasteiger partial charge in [0.15, 0.2) is 0 Å². The van der Waals surface area contributed by atoms with E-state index in [2.05, 4.69) is 30.5 Å². The van der Waals surface area contributed by atoms with Crippen molar-refractivity contribution in [3.05, 3.63) is 66.1 Å². The van der Waals surface area contributed by atoms with Gasteiger partial charge >= 0.3 is 5.97 Å². The van der Waals surface area contributed by atoms with Crippen LogP contribution in [0, 0.1) is 23.2 Å². The summed E-state index contributed by atoms with van der Waals surface area (Å²) >= 11 is 0. The predicted octanol–water partition coefficient (Wildman–Crippen LogP) is 5.60. The molecule has 1 aliphatic heterocycles. The first-order chi connectivity index (χ1) is 15.9. The number of allylic oxidation sites excluding steroid dienone is 1. The highest BCUT2D eigenvalue weighted by Crippen LogP contribution is 2.57. The van der Waals surface area contributed by atoms with Crippen LogP contribution in [0.25, 0.3) is 0 Å². The maximum Gasteiger partial charge on any atom is 0.310 e. The van der Waals surface area contributed by atoms with Crippen molar-refractivity contribution in [2.24, 2.45) is 23.2 Å². The summed E-state index contributed by atoms with van der Waals surface area (Å²) in [4.78, 5) is 15.4. The number of benzene rings is 1. The van der Waals surface area contributed by atoms with E-state index in [1.54, 1.807) is 13.4 Å². The van der Waals surface area contributed by atoms with Crippen LogP contribution in [-0.4, -0.2) is 30.6 Å². The molecule has 176 valence electrons. The largest absolute Gasteiger partial charge is 0.497 e. The quantitative estimate of drug-likeness (QED) is 0.407. The lowest BCUT2D eigenvalue weighted by Gasteiger charge is -2.50. The normalized spacial score (nSPS) is 31.2. The molecule has 5 unspecified atom stereocenters. The lowest BCUT2D eigenvalue weighted by Crippen LogP contribution is -2.45. The Labute approximate surface area is 196 Å². The van der Waals surface area contributed by atoms with Crippen LogP contribution < -0.4 is 4.74 Å². The Morgan fingerprint density at radius 1 is 1.21 bits per heavy atom. The highest BCUT2D eigenvalue weighted by Gasteiger charge is 2.55. The number of esters is 1. The zero-order chi connectivity index (χ0) is 23.0. The summed E-state index contributed by atoms with van der Waals surface area (Å²) in [5.74, 6) is 2.38. The number of fused-ring (bicyclic) bond motifs is 2. The van der Waals surface area contributed by atoms with Crippen LogP contribution in [0.1, 0.15) is 50.4 Å². The third kappa shape index (κ3) is 4.48. The number of furan rings is 1. The number of rotatable bonds is 7. The van der Waals surface area contributed by atoms with Gasteiger partial charge in [0.2, 0.25) is 0 Å². The molecule has 0 spiro atoms. The summed E-state index contributed by atoms with van der Waals surface area (Å²) in [6, 6.07) is 12.0. The highest BCUT2D eigenvalue weighted by molar-refractivity contribution is 5.75. The van der Waals surface area contributed by atoms with Crippen molar-refractivity contribution in [2.45, 2.75) is 58.2 Å². The van der Waals surface area contributed by atoms with Crippen LogP contribution >= 0.6 is 0 Å². The summed E-state index contributed by atoms with van der Waals surface area (Å²) in [5.41, 5.74) is 2.79. The average molecular weight is 450 g/mol. The molecule has 1 saturated heterocycles. The van der Waals surface area contributed by atoms with Crippen molar-refractivity contribution in [2.75, 3.05) is 13.7 Å². The van der Waals surface area contributed by atoms with Gasteiger partial charge < -0.3 is 13.9 Å². The number of hydrogen-bond donors (Lipinski definition) is 0. The maximum atomic E-state index is 13.1. The van der Waals surface area contributed by atoms with Crippen molar-refractivity contribution in [3.8, 4) is 5.75 Å². The molecule has 5 rings (SSSR count). The molecule has 5 heteroatoms. The summed E-state index contributed by atoms with van der Waals surface area (Å²) < 4.78 is 17.0. The van der Waals surface area contributed by atoms with E-state index in [4.69, 9.17) is 13.9 Å². The summed E-state index contributed by atoms with van der Waals surface area (Å²) in [6.07, 6.45) is 7.29. The Hall–Kier alpha value is -2.53. The minimum absolute atomic E-state index is 0.0305. The predicted molar refractivity (Wildman–Crippen MR) is 126 cm³/mol. The smallest absolute Gasteiger partial charge is 0.310 e. The van der Waals surface area contributed by atoms with Gasteiger partial charge in [-0.15, -0.1) is 0 Å². The monoisotopic (exact) mass is 449 g/mol. The van der Waals surface area contributed by atoms with E-state index in [1.807, 2.05) is 24.3 Å². The summed E-state index contributed by atoms with van der Waals surface area (Å²) in [5, 5.41) is 0. The minimum atomic E-state index is -0.109. The minimum Gasteiger partial charge on any atom is -0.497 e. The molecular weight excluding hydrogens is 414 g/mol. The van der Waals surface area contributed by atoms with Crippen molar-refractivity contribution >= 4 is 5.97 Å². The Bertz CT molecular complexity index is 982. The molecule has 5 nitrogen and oxygen atoms in total. The molecule has 2 aromatic rings. The van der Waals surface area contributed by atoms with Crippen molar-refractivity contribution < 1.29 is 18.7 Å². The number of hydrogen-bond acceptors (Lipinski definition) is 5. The third-order valence-electron chi connectivity index (χ3n) is 8.30. The molecule has 0 bridgehead atoms. The second-order valence-electron chi connectivity index (χ2n) is 10.5. The van der Waals surface area contributed by atoms with Gasteiger partial charge in [-0.2, -0.15) is 0 Å². The Kier molecular flexibility index (Phi) is 6.09. The molecule has 3 fully saturated rings. The first-order valence-electron chi connectivity index (χ1n) is 12.2. The molecule has 0 N–H and O–H groups in total. The molecular formula is C28H35NO4. The number of methoxy groups -OCH3 is 1. The van der Waals surface area contributed by atoms with E-state index in [0.29, 0.717) is 19.0 Å². The zero-order valence-electron chi connectivity index (χ0n) is 19.8. The van der Waals surface area contributed by atoms with Gasteiger partial charge in [-0.3, -0.25) is 9.69 Å². The maximum absolute atomic E-state index is 13.1. The van der Waals surface area contributed by atoms with Crippen LogP contribution in [0.2, 0.25) is 0 Å². The van der Waals surface area contributed by atoms with Crippen molar-refractivity contribution in [3.63, 3.8) is 0 Å². The molecule has 2 heterocycles. The topological polar surface area (TPSA) is 51.9 Å². The fourth-order valence-corrected chi connectivity index (χ4v) is 6.54. The third-order valence-corrected chi connectivity index (χ3v) is 8.30. The first-order valence-corrected chi connectivity index (χ1v) is 12.2. The van der Waals surface area contributed by atoms with Crippen LogP contribution in [0.4, 0.5) is 0 Å². The lowest BCUT2D eigenvalue weighted by atomic mass is 9.55. The fourth-order valence-electron chi connectivity index (χ4n) is 6.54. The van der Waals surface area contributed by atoms with Crippen molar-refractivity contribution in [1.82, 2.24) is 4.90 Å². The molecule has 3 aliphatic rings. The van der Waals surface area contributed by atoms with Crippen LogP contribution in [0.15, 0.2) is 59.2 Å². The Morgan fingerprint density at radius 2 is 2.03 bits per heavy atom. The van der Waals surface area contributed by atoms with E-state index in [9.17, 15) is 4.79 Å². The zero-order valence-corrected chi connectivity index (χ0v) is 19.8. The Balaban J connectivity index is 1.35. The van der Waals surface area contributed by atoms with E-state index >= 15 is 0 Å². The number of nitrogens with zero attached hydrogens (tertiary/aromatic N) is 1. The number of carbonyl (C=O) groups excluding carboxylic acids is 1. The van der Waals surface area contributed by atoms with E-state index in [1.165, 1.54) is 24.0 Å². The van der Waals surface area contributed by atoms with Gasteiger partial charge in [0.1, 0.15) is 17.6 Å². The molecule has 2 aliphatic carbocycles. The molecule has 5 atom stereocenters. The second kappa shape index (κ2) is 9.02. The van der Waals surface area contributed by atoms with E-state index < -0.39 is 0 Å². The van der Waals surface area contributed by atoms with Gasteiger partial charge in [-0.1, -0.05) is 31.2 Å². The van der Waals surface area contributed by atoms with Gasteiger partial charge in [0.05, 0.1) is 25.8 Å². The van der Waals surface area contributed by atoms with Crippen LogP contribution in [0.3, 0.4) is 0 Å². The molecule has 1 aromatic carbocycles. The van der Waals surface area contributed by atoms with Crippen molar-refractivity contribution in [1.29, 1.82) is 0 Å². The number of ether oxygens (including phenoxy) is 2. The second-order valence-corrected chi connectivity index (χ2v) is 10.5. The average Bonchev–Trinajstić information content (AvgIpc) is 3.40. The van der Waals surface area contributed by atoms with Gasteiger partial charge in [0, 0.05) is 19.0 Å². The number of carbonyl (C=O) groups is 1. The molecule has 33 heavy (non-hydrogen) atoms. The Morgan fingerprint density at radius 3 is 2.76 bits per heavy atom. The SMILES string of the molecule is C=C1CCCC2(C)CC3OC(=O)C(CN(Cc4ccc(OC)cc4)Cc4ccco4)C3CC12. The molecule has 1 aromatic heterocycles. The van der Waals surface area contributed by atoms with E-state index in [-0.39, 0.29) is 29.3 Å². The van der Waals surface area contributed by atoms with Gasteiger partial charge in [0.25, 0.3) is 0 Å². The van der Waals surface area contributed by atoms with E-state index in [0.717, 1.165) is 37.3 Å². The lowest BCUT2D eigenvalue weighted by molar-refractivity contribution is -0.146. The van der Waals surface area contributed by atoms with Crippen LogP contribution in [-0.2, 0) is 22.6 Å². The highest BCUT2D eigenvalue weighted by atomic mass is 16.6. The summed E-state index contributed by atoms with van der Waals surface area (Å²) in [6.45, 7) is 8.87.